The van der Waals surface area contributed by atoms with Crippen molar-refractivity contribution in [2.45, 2.75) is 24.7 Å². The summed E-state index contributed by atoms with van der Waals surface area (Å²) in [4.78, 5) is 2.32. The maximum absolute atomic E-state index is 9.86. The lowest BCUT2D eigenvalue weighted by molar-refractivity contribution is -0.000948. The molecule has 1 heterocycles. The summed E-state index contributed by atoms with van der Waals surface area (Å²) in [5.74, 6) is 1.14. The van der Waals surface area contributed by atoms with Crippen molar-refractivity contribution >= 4 is 11.8 Å². The quantitative estimate of drug-likeness (QED) is 0.689. The van der Waals surface area contributed by atoms with Gasteiger partial charge in [-0.05, 0) is 13.8 Å². The molecule has 0 saturated carbocycles. The van der Waals surface area contributed by atoms with Gasteiger partial charge in [-0.2, -0.15) is 11.8 Å². The number of hydrogen-bond donors (Lipinski definition) is 1. The summed E-state index contributed by atoms with van der Waals surface area (Å²) in [6.45, 7) is 8.84. The number of hydrogen-bond acceptors (Lipinski definition) is 5. The predicted octanol–water partition coefficient (Wildman–Crippen LogP) is 0.838. The second kappa shape index (κ2) is 7.59. The molecule has 0 aromatic carbocycles. The molecule has 17 heavy (non-hydrogen) atoms. The fourth-order valence-corrected chi connectivity index (χ4v) is 3.16. The number of rotatable bonds is 7. The first kappa shape index (κ1) is 15.2. The number of thioether (sulfide) groups is 1. The number of methoxy groups -OCH3 is 1. The second-order valence-corrected chi connectivity index (χ2v) is 6.87. The second-order valence-electron chi connectivity index (χ2n) is 5.06. The van der Waals surface area contributed by atoms with E-state index in [9.17, 15) is 5.11 Å². The first-order chi connectivity index (χ1) is 8.03. The molecule has 0 aromatic heterocycles. The zero-order valence-corrected chi connectivity index (χ0v) is 12.0. The minimum absolute atomic E-state index is 0.300. The van der Waals surface area contributed by atoms with E-state index in [1.807, 2.05) is 11.8 Å². The van der Waals surface area contributed by atoms with Crippen LogP contribution in [0.15, 0.2) is 0 Å². The third-order valence-corrected chi connectivity index (χ3v) is 4.01. The predicted molar refractivity (Wildman–Crippen MR) is 71.7 cm³/mol. The van der Waals surface area contributed by atoms with Crippen LogP contribution in [0.2, 0.25) is 0 Å². The van der Waals surface area contributed by atoms with Crippen LogP contribution < -0.4 is 0 Å². The topological polar surface area (TPSA) is 41.9 Å². The van der Waals surface area contributed by atoms with Crippen LogP contribution >= 0.6 is 11.8 Å². The number of aliphatic hydroxyl groups is 1. The number of ether oxygens (including phenoxy) is 2. The van der Waals surface area contributed by atoms with Gasteiger partial charge in [0, 0.05) is 37.2 Å². The maximum Gasteiger partial charge on any atom is 0.0900 e. The third-order valence-electron chi connectivity index (χ3n) is 2.72. The molecule has 0 aliphatic carbocycles. The van der Waals surface area contributed by atoms with E-state index in [0.717, 1.165) is 18.8 Å². The highest BCUT2D eigenvalue weighted by Gasteiger charge is 2.27. The van der Waals surface area contributed by atoms with Crippen molar-refractivity contribution in [2.75, 3.05) is 52.3 Å². The van der Waals surface area contributed by atoms with E-state index >= 15 is 0 Å². The average Bonchev–Trinajstić information content (AvgIpc) is 2.23. The van der Waals surface area contributed by atoms with E-state index in [0.29, 0.717) is 31.1 Å². The van der Waals surface area contributed by atoms with Crippen LogP contribution in [0.4, 0.5) is 0 Å². The molecular formula is C12H25NO3S. The standard InChI is InChI=1S/C12H25NO3S/c1-12(2)10-13(4-7-17-12)8-11(14)9-16-6-5-15-3/h11,14H,4-10H2,1-3H3. The van der Waals surface area contributed by atoms with Gasteiger partial charge in [-0.25, -0.2) is 0 Å². The van der Waals surface area contributed by atoms with Gasteiger partial charge in [0.2, 0.25) is 0 Å². The highest BCUT2D eigenvalue weighted by atomic mass is 32.2. The average molecular weight is 263 g/mol. The molecule has 0 spiro atoms. The molecule has 1 fully saturated rings. The minimum Gasteiger partial charge on any atom is -0.389 e. The Hall–Kier alpha value is 0.190. The van der Waals surface area contributed by atoms with E-state index in [2.05, 4.69) is 18.7 Å². The molecule has 102 valence electrons. The largest absolute Gasteiger partial charge is 0.389 e. The Morgan fingerprint density at radius 1 is 1.41 bits per heavy atom. The third kappa shape index (κ3) is 6.62. The number of aliphatic hydroxyl groups excluding tert-OH is 1. The van der Waals surface area contributed by atoms with Crippen LogP contribution in [-0.4, -0.2) is 73.2 Å². The van der Waals surface area contributed by atoms with Gasteiger partial charge in [-0.3, -0.25) is 4.90 Å². The first-order valence-corrected chi connectivity index (χ1v) is 7.13. The van der Waals surface area contributed by atoms with Crippen molar-refractivity contribution in [1.82, 2.24) is 4.90 Å². The van der Waals surface area contributed by atoms with E-state index in [1.165, 1.54) is 0 Å². The van der Waals surface area contributed by atoms with Gasteiger partial charge in [-0.1, -0.05) is 0 Å². The van der Waals surface area contributed by atoms with Crippen molar-refractivity contribution in [3.63, 3.8) is 0 Å². The summed E-state index contributed by atoms with van der Waals surface area (Å²) >= 11 is 2.00. The maximum atomic E-state index is 9.86. The molecule has 1 N–H and O–H groups in total. The SMILES string of the molecule is COCCOCC(O)CN1CCSC(C)(C)C1. The number of β-amino-alcohol motifs (C(OH)–C–C–N with tert-alkyl or cyclic N) is 1. The van der Waals surface area contributed by atoms with E-state index in [4.69, 9.17) is 9.47 Å². The monoisotopic (exact) mass is 263 g/mol. The van der Waals surface area contributed by atoms with Crippen molar-refractivity contribution in [2.24, 2.45) is 0 Å². The van der Waals surface area contributed by atoms with Crippen LogP contribution in [0.3, 0.4) is 0 Å². The Kier molecular flexibility index (Phi) is 6.80. The minimum atomic E-state index is -0.397. The Morgan fingerprint density at radius 2 is 2.18 bits per heavy atom. The lowest BCUT2D eigenvalue weighted by atomic mass is 10.1. The van der Waals surface area contributed by atoms with Crippen molar-refractivity contribution < 1.29 is 14.6 Å². The molecule has 0 aromatic rings. The van der Waals surface area contributed by atoms with Gasteiger partial charge in [-0.15, -0.1) is 0 Å². The lowest BCUT2D eigenvalue weighted by Crippen LogP contribution is -2.46. The highest BCUT2D eigenvalue weighted by Crippen LogP contribution is 2.29. The van der Waals surface area contributed by atoms with Crippen LogP contribution in [0.25, 0.3) is 0 Å². The molecule has 4 nitrogen and oxygen atoms in total. The molecule has 0 bridgehead atoms. The van der Waals surface area contributed by atoms with Crippen molar-refractivity contribution in [1.29, 1.82) is 0 Å². The van der Waals surface area contributed by atoms with Crippen LogP contribution in [0, 0.1) is 0 Å². The fourth-order valence-electron chi connectivity index (χ4n) is 1.98. The molecule has 1 aliphatic rings. The lowest BCUT2D eigenvalue weighted by Gasteiger charge is -2.38. The molecule has 1 aliphatic heterocycles. The van der Waals surface area contributed by atoms with Gasteiger partial charge < -0.3 is 14.6 Å². The molecular weight excluding hydrogens is 238 g/mol. The summed E-state index contributed by atoms with van der Waals surface area (Å²) in [5, 5.41) is 9.86. The fraction of sp³-hybridized carbons (Fsp3) is 1.00. The zero-order valence-electron chi connectivity index (χ0n) is 11.1. The Balaban J connectivity index is 2.15. The Bertz CT molecular complexity index is 214. The van der Waals surface area contributed by atoms with E-state index < -0.39 is 6.10 Å². The summed E-state index contributed by atoms with van der Waals surface area (Å²) in [6, 6.07) is 0. The van der Waals surface area contributed by atoms with Gasteiger partial charge in [0.1, 0.15) is 0 Å². The van der Waals surface area contributed by atoms with E-state index in [1.54, 1.807) is 7.11 Å². The van der Waals surface area contributed by atoms with Crippen molar-refractivity contribution in [3.05, 3.63) is 0 Å². The molecule has 1 atom stereocenters. The molecule has 5 heteroatoms. The Morgan fingerprint density at radius 3 is 2.82 bits per heavy atom. The van der Waals surface area contributed by atoms with E-state index in [-0.39, 0.29) is 0 Å². The summed E-state index contributed by atoms with van der Waals surface area (Å²) < 4.78 is 10.5. The highest BCUT2D eigenvalue weighted by molar-refractivity contribution is 8.00. The summed E-state index contributed by atoms with van der Waals surface area (Å²) in [6.07, 6.45) is -0.397. The van der Waals surface area contributed by atoms with Gasteiger partial charge in [0.05, 0.1) is 25.9 Å². The van der Waals surface area contributed by atoms with Gasteiger partial charge >= 0.3 is 0 Å². The smallest absolute Gasteiger partial charge is 0.0900 e. The summed E-state index contributed by atoms with van der Waals surface area (Å²) in [7, 11) is 1.65. The Labute approximate surface area is 109 Å². The van der Waals surface area contributed by atoms with Gasteiger partial charge in [0.15, 0.2) is 0 Å². The number of nitrogens with zero attached hydrogens (tertiary/aromatic N) is 1. The van der Waals surface area contributed by atoms with Crippen LogP contribution in [0.1, 0.15) is 13.8 Å². The van der Waals surface area contributed by atoms with Crippen LogP contribution in [-0.2, 0) is 9.47 Å². The van der Waals surface area contributed by atoms with Crippen molar-refractivity contribution in [3.8, 4) is 0 Å². The summed E-state index contributed by atoms with van der Waals surface area (Å²) in [5.41, 5.74) is 0. The zero-order chi connectivity index (χ0) is 12.7. The first-order valence-electron chi connectivity index (χ1n) is 6.14. The molecule has 1 saturated heterocycles. The molecule has 0 radical (unpaired) electrons. The molecule has 1 rings (SSSR count). The normalized spacial score (nSPS) is 22.6. The van der Waals surface area contributed by atoms with Gasteiger partial charge in [0.25, 0.3) is 0 Å². The van der Waals surface area contributed by atoms with Crippen LogP contribution in [0.5, 0.6) is 0 Å². The molecule has 0 amide bonds. The molecule has 1 unspecified atom stereocenters.